The molecule has 1 heterocycles. The molecule has 4 heteroatoms. The van der Waals surface area contributed by atoms with Gasteiger partial charge in [-0.1, -0.05) is 25.1 Å². The van der Waals surface area contributed by atoms with Crippen molar-refractivity contribution in [1.29, 1.82) is 0 Å². The average Bonchev–Trinajstić information content (AvgIpc) is 2.83. The molecular weight excluding hydrogens is 269 g/mol. The van der Waals surface area contributed by atoms with Crippen LogP contribution in [0.3, 0.4) is 0 Å². The monoisotopic (exact) mass is 291 g/mol. The third-order valence-corrected chi connectivity index (χ3v) is 3.58. The predicted molar refractivity (Wildman–Crippen MR) is 80.3 cm³/mol. The molecule has 1 aromatic heterocycles. The summed E-state index contributed by atoms with van der Waals surface area (Å²) in [6.07, 6.45) is -0.813. The van der Waals surface area contributed by atoms with Crippen molar-refractivity contribution >= 4 is 0 Å². The second kappa shape index (κ2) is 6.87. The van der Waals surface area contributed by atoms with E-state index >= 15 is 0 Å². The van der Waals surface area contributed by atoms with Crippen LogP contribution in [0.1, 0.15) is 30.1 Å². The molecule has 0 aliphatic heterocycles. The minimum absolute atomic E-state index is 0.0806. The number of benzene rings is 1. The van der Waals surface area contributed by atoms with Gasteiger partial charge in [0.2, 0.25) is 0 Å². The molecule has 0 fully saturated rings. The summed E-state index contributed by atoms with van der Waals surface area (Å²) in [7, 11) is 1.96. The standard InChI is InChI=1S/C17H22FNO2/c1-12(17(20)15-6-4-5-7-16(15)18)10-19(3)11-14-9-8-13(2)21-14/h4-9,12,17,20H,10-11H2,1-3H3. The van der Waals surface area contributed by atoms with E-state index in [1.165, 1.54) is 6.07 Å². The minimum Gasteiger partial charge on any atom is -0.465 e. The fourth-order valence-electron chi connectivity index (χ4n) is 2.51. The fraction of sp³-hybridized carbons (Fsp3) is 0.412. The molecule has 0 spiro atoms. The van der Waals surface area contributed by atoms with Crippen LogP contribution >= 0.6 is 0 Å². The molecule has 1 aromatic carbocycles. The van der Waals surface area contributed by atoms with Crippen molar-refractivity contribution in [1.82, 2.24) is 4.90 Å². The number of aliphatic hydroxyl groups is 1. The molecule has 0 aliphatic rings. The van der Waals surface area contributed by atoms with Gasteiger partial charge in [-0.15, -0.1) is 0 Å². The van der Waals surface area contributed by atoms with Gasteiger partial charge < -0.3 is 9.52 Å². The largest absolute Gasteiger partial charge is 0.465 e. The quantitative estimate of drug-likeness (QED) is 0.884. The Kier molecular flexibility index (Phi) is 5.15. The fourth-order valence-corrected chi connectivity index (χ4v) is 2.51. The van der Waals surface area contributed by atoms with Gasteiger partial charge >= 0.3 is 0 Å². The summed E-state index contributed by atoms with van der Waals surface area (Å²) in [5, 5.41) is 10.3. The van der Waals surface area contributed by atoms with Gasteiger partial charge in [0.1, 0.15) is 17.3 Å². The zero-order chi connectivity index (χ0) is 15.4. The lowest BCUT2D eigenvalue weighted by Crippen LogP contribution is -2.27. The molecule has 0 radical (unpaired) electrons. The number of hydrogen-bond acceptors (Lipinski definition) is 3. The second-order valence-electron chi connectivity index (χ2n) is 5.65. The van der Waals surface area contributed by atoms with Gasteiger partial charge in [0, 0.05) is 12.1 Å². The highest BCUT2D eigenvalue weighted by Crippen LogP contribution is 2.25. The van der Waals surface area contributed by atoms with Crippen molar-refractivity contribution in [3.63, 3.8) is 0 Å². The van der Waals surface area contributed by atoms with Gasteiger partial charge in [-0.05, 0) is 38.1 Å². The highest BCUT2D eigenvalue weighted by molar-refractivity contribution is 5.20. The summed E-state index contributed by atoms with van der Waals surface area (Å²) in [5.41, 5.74) is 0.354. The number of rotatable bonds is 6. The molecule has 2 rings (SSSR count). The van der Waals surface area contributed by atoms with Gasteiger partial charge in [0.15, 0.2) is 0 Å². The maximum absolute atomic E-state index is 13.7. The molecule has 2 atom stereocenters. The number of nitrogens with zero attached hydrogens (tertiary/aromatic N) is 1. The third kappa shape index (κ3) is 4.16. The summed E-state index contributed by atoms with van der Waals surface area (Å²) < 4.78 is 19.2. The Balaban J connectivity index is 1.94. The molecule has 114 valence electrons. The lowest BCUT2D eigenvalue weighted by Gasteiger charge is -2.24. The van der Waals surface area contributed by atoms with E-state index in [1.54, 1.807) is 18.2 Å². The van der Waals surface area contributed by atoms with Crippen molar-refractivity contribution in [2.24, 2.45) is 5.92 Å². The Morgan fingerprint density at radius 1 is 1.24 bits per heavy atom. The van der Waals surface area contributed by atoms with Crippen molar-refractivity contribution < 1.29 is 13.9 Å². The SMILES string of the molecule is Cc1ccc(CN(C)CC(C)C(O)c2ccccc2F)o1. The minimum atomic E-state index is -0.813. The van der Waals surface area contributed by atoms with Crippen LogP contribution in [0.5, 0.6) is 0 Å². The van der Waals surface area contributed by atoms with Crippen LogP contribution in [0.4, 0.5) is 4.39 Å². The number of halogens is 1. The van der Waals surface area contributed by atoms with E-state index in [4.69, 9.17) is 4.42 Å². The van der Waals surface area contributed by atoms with Gasteiger partial charge in [-0.25, -0.2) is 4.39 Å². The maximum atomic E-state index is 13.7. The number of aryl methyl sites for hydroxylation is 1. The van der Waals surface area contributed by atoms with E-state index in [0.29, 0.717) is 18.7 Å². The zero-order valence-electron chi connectivity index (χ0n) is 12.7. The Bertz CT molecular complexity index is 582. The molecule has 1 N–H and O–H groups in total. The Morgan fingerprint density at radius 3 is 2.57 bits per heavy atom. The Morgan fingerprint density at radius 2 is 1.95 bits per heavy atom. The molecule has 2 unspecified atom stereocenters. The molecule has 0 bridgehead atoms. The first-order valence-electron chi connectivity index (χ1n) is 7.13. The molecule has 2 aromatic rings. The van der Waals surface area contributed by atoms with E-state index in [1.807, 2.05) is 33.0 Å². The summed E-state index contributed by atoms with van der Waals surface area (Å²) in [4.78, 5) is 2.06. The van der Waals surface area contributed by atoms with Crippen molar-refractivity contribution in [2.45, 2.75) is 26.5 Å². The van der Waals surface area contributed by atoms with Crippen LogP contribution in [0.2, 0.25) is 0 Å². The van der Waals surface area contributed by atoms with Crippen molar-refractivity contribution in [2.75, 3.05) is 13.6 Å². The van der Waals surface area contributed by atoms with Crippen LogP contribution in [0, 0.1) is 18.7 Å². The van der Waals surface area contributed by atoms with Crippen LogP contribution in [0.15, 0.2) is 40.8 Å². The molecule has 0 aliphatic carbocycles. The van der Waals surface area contributed by atoms with Crippen molar-refractivity contribution in [3.05, 3.63) is 59.3 Å². The molecule has 0 amide bonds. The maximum Gasteiger partial charge on any atom is 0.129 e. The predicted octanol–water partition coefficient (Wildman–Crippen LogP) is 3.53. The van der Waals surface area contributed by atoms with Gasteiger partial charge in [-0.2, -0.15) is 0 Å². The first-order chi connectivity index (χ1) is 9.97. The molecule has 3 nitrogen and oxygen atoms in total. The molecule has 0 saturated carbocycles. The smallest absolute Gasteiger partial charge is 0.129 e. The number of furan rings is 1. The zero-order valence-corrected chi connectivity index (χ0v) is 12.7. The lowest BCUT2D eigenvalue weighted by molar-refractivity contribution is 0.0885. The molecule has 21 heavy (non-hydrogen) atoms. The van der Waals surface area contributed by atoms with Gasteiger partial charge in [0.25, 0.3) is 0 Å². The van der Waals surface area contributed by atoms with Gasteiger partial charge in [0.05, 0.1) is 12.6 Å². The molecular formula is C17H22FNO2. The summed E-state index contributed by atoms with van der Waals surface area (Å²) >= 11 is 0. The van der Waals surface area contributed by atoms with Crippen LogP contribution in [-0.2, 0) is 6.54 Å². The van der Waals surface area contributed by atoms with Crippen LogP contribution in [-0.4, -0.2) is 23.6 Å². The average molecular weight is 291 g/mol. The van der Waals surface area contributed by atoms with E-state index in [-0.39, 0.29) is 11.7 Å². The second-order valence-corrected chi connectivity index (χ2v) is 5.65. The Labute approximate surface area is 125 Å². The number of aliphatic hydroxyl groups excluding tert-OH is 1. The summed E-state index contributed by atoms with van der Waals surface area (Å²) in [6, 6.07) is 10.3. The van der Waals surface area contributed by atoms with E-state index in [0.717, 1.165) is 11.5 Å². The normalized spacial score (nSPS) is 14.4. The first kappa shape index (κ1) is 15.7. The summed E-state index contributed by atoms with van der Waals surface area (Å²) in [6.45, 7) is 5.15. The van der Waals surface area contributed by atoms with Crippen LogP contribution < -0.4 is 0 Å². The Hall–Kier alpha value is -1.65. The highest BCUT2D eigenvalue weighted by atomic mass is 19.1. The van der Waals surface area contributed by atoms with E-state index in [9.17, 15) is 9.50 Å². The first-order valence-corrected chi connectivity index (χ1v) is 7.13. The topological polar surface area (TPSA) is 36.6 Å². The highest BCUT2D eigenvalue weighted by Gasteiger charge is 2.21. The van der Waals surface area contributed by atoms with Crippen LogP contribution in [0.25, 0.3) is 0 Å². The molecule has 0 saturated heterocycles. The third-order valence-electron chi connectivity index (χ3n) is 3.58. The van der Waals surface area contributed by atoms with Crippen molar-refractivity contribution in [3.8, 4) is 0 Å². The van der Waals surface area contributed by atoms with E-state index in [2.05, 4.69) is 4.90 Å². The van der Waals surface area contributed by atoms with E-state index < -0.39 is 6.10 Å². The lowest BCUT2D eigenvalue weighted by atomic mass is 9.96. The number of hydrogen-bond donors (Lipinski definition) is 1. The van der Waals surface area contributed by atoms with Gasteiger partial charge in [-0.3, -0.25) is 4.90 Å². The summed E-state index contributed by atoms with van der Waals surface area (Å²) in [5.74, 6) is 1.34.